The molecule has 3 aromatic carbocycles. The van der Waals surface area contributed by atoms with Crippen molar-refractivity contribution in [1.29, 1.82) is 0 Å². The lowest BCUT2D eigenvalue weighted by atomic mass is 10.1. The first-order chi connectivity index (χ1) is 14.8. The summed E-state index contributed by atoms with van der Waals surface area (Å²) < 4.78 is 14.5. The van der Waals surface area contributed by atoms with Gasteiger partial charge in [0.25, 0.3) is 0 Å². The molecule has 4 heteroatoms. The van der Waals surface area contributed by atoms with Gasteiger partial charge in [0, 0.05) is 0 Å². The topological polar surface area (TPSA) is 36.3 Å². The molecule has 1 atom stereocenters. The summed E-state index contributed by atoms with van der Waals surface area (Å²) >= 11 is 0. The molecule has 0 saturated heterocycles. The lowest BCUT2D eigenvalue weighted by Gasteiger charge is -2.17. The second-order valence-electron chi connectivity index (χ2n) is 7.13. The predicted molar refractivity (Wildman–Crippen MR) is 121 cm³/mol. The van der Waals surface area contributed by atoms with Crippen LogP contribution in [0.3, 0.4) is 0 Å². The van der Waals surface area contributed by atoms with Gasteiger partial charge in [0.15, 0.2) is 11.9 Å². The molecule has 4 rings (SSSR count). The van der Waals surface area contributed by atoms with Crippen molar-refractivity contribution in [3.05, 3.63) is 103 Å². The number of imidazole rings is 1. The zero-order chi connectivity index (χ0) is 20.8. The number of benzene rings is 3. The van der Waals surface area contributed by atoms with E-state index < -0.39 is 0 Å². The van der Waals surface area contributed by atoms with Crippen molar-refractivity contribution < 1.29 is 9.47 Å². The summed E-state index contributed by atoms with van der Waals surface area (Å²) in [5, 5.41) is 0. The third-order valence-electron chi connectivity index (χ3n) is 5.01. The van der Waals surface area contributed by atoms with Gasteiger partial charge < -0.3 is 14.0 Å². The van der Waals surface area contributed by atoms with Crippen LogP contribution in [-0.2, 0) is 13.0 Å². The molecule has 0 amide bonds. The number of para-hydroxylation sites is 4. The number of allylic oxidation sites excluding steroid dienone is 1. The average molecular weight is 399 g/mol. The second-order valence-corrected chi connectivity index (χ2v) is 7.13. The standard InChI is InChI=1S/C26H26N2O2/c1-3-11-21-12-7-10-17-25(21)29-19-18-28-24-16-9-8-15-23(24)27-26(28)20(2)30-22-13-5-4-6-14-22/h3-10,12-17,20H,1,11,18-19H2,2H3. The van der Waals surface area contributed by atoms with Crippen LogP contribution in [0.4, 0.5) is 0 Å². The number of hydrogen-bond acceptors (Lipinski definition) is 3. The molecule has 0 radical (unpaired) electrons. The highest BCUT2D eigenvalue weighted by Gasteiger charge is 2.18. The summed E-state index contributed by atoms with van der Waals surface area (Å²) in [6, 6.07) is 26.1. The van der Waals surface area contributed by atoms with Crippen LogP contribution >= 0.6 is 0 Å². The quantitative estimate of drug-likeness (QED) is 0.325. The zero-order valence-corrected chi connectivity index (χ0v) is 17.2. The highest BCUT2D eigenvalue weighted by molar-refractivity contribution is 5.76. The fraction of sp³-hybridized carbons (Fsp3) is 0.192. The number of nitrogens with zero attached hydrogens (tertiary/aromatic N) is 2. The lowest BCUT2D eigenvalue weighted by molar-refractivity contribution is 0.207. The van der Waals surface area contributed by atoms with Gasteiger partial charge in [-0.25, -0.2) is 4.98 Å². The van der Waals surface area contributed by atoms with E-state index in [4.69, 9.17) is 14.5 Å². The minimum absolute atomic E-state index is 0.187. The van der Waals surface area contributed by atoms with Crippen molar-refractivity contribution in [2.24, 2.45) is 0 Å². The molecule has 0 spiro atoms. The van der Waals surface area contributed by atoms with Crippen molar-refractivity contribution in [2.75, 3.05) is 6.61 Å². The molecule has 152 valence electrons. The monoisotopic (exact) mass is 398 g/mol. The molecule has 0 fully saturated rings. The van der Waals surface area contributed by atoms with E-state index in [0.29, 0.717) is 13.2 Å². The Labute approximate surface area is 177 Å². The van der Waals surface area contributed by atoms with Gasteiger partial charge in [-0.3, -0.25) is 0 Å². The van der Waals surface area contributed by atoms with Crippen LogP contribution in [0.2, 0.25) is 0 Å². The van der Waals surface area contributed by atoms with E-state index in [2.05, 4.69) is 23.3 Å². The largest absolute Gasteiger partial charge is 0.491 e. The Balaban J connectivity index is 1.55. The van der Waals surface area contributed by atoms with Crippen molar-refractivity contribution in [2.45, 2.75) is 26.0 Å². The Morgan fingerprint density at radius 3 is 2.53 bits per heavy atom. The van der Waals surface area contributed by atoms with E-state index in [9.17, 15) is 0 Å². The average Bonchev–Trinajstić information content (AvgIpc) is 3.15. The molecule has 0 aliphatic rings. The Morgan fingerprint density at radius 2 is 1.70 bits per heavy atom. The Bertz CT molecular complexity index is 1120. The SMILES string of the molecule is C=CCc1ccccc1OCCn1c(C(C)Oc2ccccc2)nc2ccccc21. The minimum atomic E-state index is -0.187. The van der Waals surface area contributed by atoms with Crippen molar-refractivity contribution >= 4 is 11.0 Å². The van der Waals surface area contributed by atoms with E-state index >= 15 is 0 Å². The molecule has 1 heterocycles. The molecular weight excluding hydrogens is 372 g/mol. The summed E-state index contributed by atoms with van der Waals surface area (Å²) in [5.41, 5.74) is 3.19. The van der Waals surface area contributed by atoms with E-state index in [0.717, 1.165) is 40.3 Å². The summed E-state index contributed by atoms with van der Waals surface area (Å²) in [4.78, 5) is 4.85. The Kier molecular flexibility index (Phi) is 6.14. The summed E-state index contributed by atoms with van der Waals surface area (Å²) in [7, 11) is 0. The molecule has 0 saturated carbocycles. The van der Waals surface area contributed by atoms with Crippen molar-refractivity contribution in [1.82, 2.24) is 9.55 Å². The van der Waals surface area contributed by atoms with Crippen molar-refractivity contribution in [3.8, 4) is 11.5 Å². The van der Waals surface area contributed by atoms with Crippen LogP contribution in [0.1, 0.15) is 24.4 Å². The molecule has 0 aliphatic carbocycles. The van der Waals surface area contributed by atoms with Crippen LogP contribution in [0.15, 0.2) is 91.5 Å². The number of fused-ring (bicyclic) bond motifs is 1. The molecule has 4 nitrogen and oxygen atoms in total. The maximum atomic E-state index is 6.15. The van der Waals surface area contributed by atoms with Crippen LogP contribution in [0, 0.1) is 0 Å². The highest BCUT2D eigenvalue weighted by atomic mass is 16.5. The number of hydrogen-bond donors (Lipinski definition) is 0. The molecule has 0 N–H and O–H groups in total. The van der Waals surface area contributed by atoms with Gasteiger partial charge in [-0.2, -0.15) is 0 Å². The van der Waals surface area contributed by atoms with Crippen molar-refractivity contribution in [3.63, 3.8) is 0 Å². The van der Waals surface area contributed by atoms with Gasteiger partial charge >= 0.3 is 0 Å². The molecule has 1 unspecified atom stereocenters. The van der Waals surface area contributed by atoms with Gasteiger partial charge in [-0.05, 0) is 49.2 Å². The fourth-order valence-electron chi connectivity index (χ4n) is 3.61. The van der Waals surface area contributed by atoms with Crippen LogP contribution < -0.4 is 9.47 Å². The molecule has 0 aliphatic heterocycles. The second kappa shape index (κ2) is 9.31. The van der Waals surface area contributed by atoms with E-state index in [-0.39, 0.29) is 6.10 Å². The minimum Gasteiger partial charge on any atom is -0.491 e. The summed E-state index contributed by atoms with van der Waals surface area (Å²) in [5.74, 6) is 2.62. The predicted octanol–water partition coefficient (Wildman–Crippen LogP) is 5.98. The van der Waals surface area contributed by atoms with E-state index in [1.165, 1.54) is 0 Å². The van der Waals surface area contributed by atoms with E-state index in [1.54, 1.807) is 0 Å². The zero-order valence-electron chi connectivity index (χ0n) is 17.2. The normalized spacial score (nSPS) is 11.9. The highest BCUT2D eigenvalue weighted by Crippen LogP contribution is 2.25. The van der Waals surface area contributed by atoms with Gasteiger partial charge in [0.2, 0.25) is 0 Å². The molecule has 1 aromatic heterocycles. The van der Waals surface area contributed by atoms with Crippen LogP contribution in [0.5, 0.6) is 11.5 Å². The third-order valence-corrected chi connectivity index (χ3v) is 5.01. The maximum absolute atomic E-state index is 6.15. The Hall–Kier alpha value is -3.53. The first-order valence-corrected chi connectivity index (χ1v) is 10.2. The van der Waals surface area contributed by atoms with Gasteiger partial charge in [-0.1, -0.05) is 54.6 Å². The summed E-state index contributed by atoms with van der Waals surface area (Å²) in [6.45, 7) is 7.09. The summed E-state index contributed by atoms with van der Waals surface area (Å²) in [6.07, 6.45) is 2.50. The number of ether oxygens (including phenoxy) is 2. The van der Waals surface area contributed by atoms with E-state index in [1.807, 2.05) is 79.7 Å². The lowest BCUT2D eigenvalue weighted by Crippen LogP contribution is -2.16. The number of aromatic nitrogens is 2. The van der Waals surface area contributed by atoms with Gasteiger partial charge in [-0.15, -0.1) is 6.58 Å². The Morgan fingerprint density at radius 1 is 0.967 bits per heavy atom. The van der Waals surface area contributed by atoms with Crippen LogP contribution in [-0.4, -0.2) is 16.2 Å². The fourth-order valence-corrected chi connectivity index (χ4v) is 3.61. The molecule has 30 heavy (non-hydrogen) atoms. The van der Waals surface area contributed by atoms with Crippen LogP contribution in [0.25, 0.3) is 11.0 Å². The molecule has 4 aromatic rings. The van der Waals surface area contributed by atoms with Gasteiger partial charge in [0.05, 0.1) is 17.6 Å². The number of rotatable bonds is 9. The maximum Gasteiger partial charge on any atom is 0.153 e. The van der Waals surface area contributed by atoms with Gasteiger partial charge in [0.1, 0.15) is 18.1 Å². The molecule has 0 bridgehead atoms. The first-order valence-electron chi connectivity index (χ1n) is 10.2. The smallest absolute Gasteiger partial charge is 0.153 e. The first kappa shape index (κ1) is 19.8. The third kappa shape index (κ3) is 4.38. The molecular formula is C26H26N2O2.